The lowest BCUT2D eigenvalue weighted by atomic mass is 10.1. The first-order chi connectivity index (χ1) is 11.5. The molecule has 0 heterocycles. The molecule has 2 aromatic carbocycles. The Morgan fingerprint density at radius 2 is 1.88 bits per heavy atom. The average Bonchev–Trinajstić information content (AvgIpc) is 2.61. The molecule has 0 spiro atoms. The maximum absolute atomic E-state index is 13.2. The fraction of sp³-hybridized carbons (Fsp3) is 0.222. The van der Waals surface area contributed by atoms with Gasteiger partial charge in [0.05, 0.1) is 7.11 Å². The van der Waals surface area contributed by atoms with E-state index in [1.54, 1.807) is 13.2 Å². The number of anilines is 1. The molecular formula is C18H19FN2O3. The van der Waals surface area contributed by atoms with E-state index in [9.17, 15) is 14.0 Å². The number of ether oxygens (including phenoxy) is 1. The highest BCUT2D eigenvalue weighted by molar-refractivity contribution is 6.40. The number of benzene rings is 2. The van der Waals surface area contributed by atoms with Crippen molar-refractivity contribution < 1.29 is 18.7 Å². The molecule has 6 heteroatoms. The SMILES string of the molecule is COc1ccc(CCNC(=O)C(=O)N(C)c2cccc(F)c2)cc1. The van der Waals surface area contributed by atoms with Crippen LogP contribution in [0.25, 0.3) is 0 Å². The van der Waals surface area contributed by atoms with Gasteiger partial charge in [-0.15, -0.1) is 0 Å². The largest absolute Gasteiger partial charge is 0.497 e. The van der Waals surface area contributed by atoms with E-state index in [-0.39, 0.29) is 0 Å². The zero-order valence-corrected chi connectivity index (χ0v) is 13.6. The third-order valence-corrected chi connectivity index (χ3v) is 3.55. The van der Waals surface area contributed by atoms with Gasteiger partial charge in [0.1, 0.15) is 11.6 Å². The van der Waals surface area contributed by atoms with E-state index in [0.717, 1.165) is 16.2 Å². The predicted molar refractivity (Wildman–Crippen MR) is 89.5 cm³/mol. The van der Waals surface area contributed by atoms with Crippen LogP contribution in [0.3, 0.4) is 0 Å². The van der Waals surface area contributed by atoms with Gasteiger partial charge in [0.25, 0.3) is 0 Å². The summed E-state index contributed by atoms with van der Waals surface area (Å²) in [7, 11) is 3.02. The predicted octanol–water partition coefficient (Wildman–Crippen LogP) is 2.16. The minimum Gasteiger partial charge on any atom is -0.497 e. The van der Waals surface area contributed by atoms with E-state index in [2.05, 4.69) is 5.32 Å². The molecule has 2 rings (SSSR count). The fourth-order valence-electron chi connectivity index (χ4n) is 2.14. The second-order valence-corrected chi connectivity index (χ2v) is 5.20. The van der Waals surface area contributed by atoms with Crippen LogP contribution in [0.1, 0.15) is 5.56 Å². The van der Waals surface area contributed by atoms with Gasteiger partial charge in [-0.1, -0.05) is 18.2 Å². The van der Waals surface area contributed by atoms with Crippen LogP contribution < -0.4 is 15.0 Å². The lowest BCUT2D eigenvalue weighted by molar-refractivity contribution is -0.137. The van der Waals surface area contributed by atoms with Crippen molar-refractivity contribution in [1.82, 2.24) is 5.32 Å². The number of carbonyl (C=O) groups excluding carboxylic acids is 2. The molecular weight excluding hydrogens is 311 g/mol. The van der Waals surface area contributed by atoms with Gasteiger partial charge < -0.3 is 15.0 Å². The summed E-state index contributed by atoms with van der Waals surface area (Å²) in [5.41, 5.74) is 1.34. The number of methoxy groups -OCH3 is 1. The Labute approximate surface area is 140 Å². The van der Waals surface area contributed by atoms with Gasteiger partial charge in [0, 0.05) is 19.3 Å². The number of amides is 2. The van der Waals surface area contributed by atoms with Crippen molar-refractivity contribution >= 4 is 17.5 Å². The lowest BCUT2D eigenvalue weighted by Gasteiger charge is -2.16. The summed E-state index contributed by atoms with van der Waals surface area (Å²) < 4.78 is 18.3. The summed E-state index contributed by atoms with van der Waals surface area (Å²) in [4.78, 5) is 25.1. The number of rotatable bonds is 5. The Morgan fingerprint density at radius 1 is 1.17 bits per heavy atom. The number of hydrogen-bond acceptors (Lipinski definition) is 3. The third kappa shape index (κ3) is 4.55. The maximum Gasteiger partial charge on any atom is 0.316 e. The summed E-state index contributed by atoms with van der Waals surface area (Å²) in [6.45, 7) is 0.327. The summed E-state index contributed by atoms with van der Waals surface area (Å²) in [6.07, 6.45) is 0.590. The van der Waals surface area contributed by atoms with E-state index < -0.39 is 17.6 Å². The van der Waals surface area contributed by atoms with Crippen LogP contribution in [0.4, 0.5) is 10.1 Å². The normalized spacial score (nSPS) is 10.1. The second kappa shape index (κ2) is 8.10. The molecule has 0 aliphatic rings. The van der Waals surface area contributed by atoms with Crippen molar-refractivity contribution in [1.29, 1.82) is 0 Å². The topological polar surface area (TPSA) is 58.6 Å². The second-order valence-electron chi connectivity index (χ2n) is 5.20. The van der Waals surface area contributed by atoms with Gasteiger partial charge in [-0.25, -0.2) is 4.39 Å². The van der Waals surface area contributed by atoms with Crippen LogP contribution in [0.5, 0.6) is 5.75 Å². The Balaban J connectivity index is 1.86. The molecule has 2 aromatic rings. The van der Waals surface area contributed by atoms with Gasteiger partial charge in [-0.05, 0) is 42.3 Å². The Morgan fingerprint density at radius 3 is 2.50 bits per heavy atom. The van der Waals surface area contributed by atoms with Crippen LogP contribution in [-0.4, -0.2) is 32.5 Å². The van der Waals surface area contributed by atoms with Gasteiger partial charge in [-0.3, -0.25) is 9.59 Å². The van der Waals surface area contributed by atoms with E-state index in [4.69, 9.17) is 4.74 Å². The zero-order valence-electron chi connectivity index (χ0n) is 13.6. The lowest BCUT2D eigenvalue weighted by Crippen LogP contribution is -2.41. The standard InChI is InChI=1S/C18H19FN2O3/c1-21(15-5-3-4-14(19)12-15)18(23)17(22)20-11-10-13-6-8-16(24-2)9-7-13/h3-9,12H,10-11H2,1-2H3,(H,20,22). The zero-order chi connectivity index (χ0) is 17.5. The van der Waals surface area contributed by atoms with Crippen LogP contribution in [0, 0.1) is 5.82 Å². The number of nitrogens with one attached hydrogen (secondary N) is 1. The minimum atomic E-state index is -0.740. The Bertz CT molecular complexity index is 716. The van der Waals surface area contributed by atoms with Crippen LogP contribution in [0.15, 0.2) is 48.5 Å². The van der Waals surface area contributed by atoms with Crippen LogP contribution in [-0.2, 0) is 16.0 Å². The Hall–Kier alpha value is -2.89. The van der Waals surface area contributed by atoms with Crippen molar-refractivity contribution in [2.24, 2.45) is 0 Å². The molecule has 2 amide bonds. The number of carbonyl (C=O) groups is 2. The molecule has 5 nitrogen and oxygen atoms in total. The molecule has 24 heavy (non-hydrogen) atoms. The van der Waals surface area contributed by atoms with Crippen molar-refractivity contribution in [2.75, 3.05) is 25.6 Å². The molecule has 126 valence electrons. The van der Waals surface area contributed by atoms with Crippen molar-refractivity contribution in [2.45, 2.75) is 6.42 Å². The molecule has 0 aliphatic heterocycles. The number of likely N-dealkylation sites (N-methyl/N-ethyl adjacent to an activating group) is 1. The molecule has 0 aromatic heterocycles. The number of nitrogens with zero attached hydrogens (tertiary/aromatic N) is 1. The van der Waals surface area contributed by atoms with E-state index >= 15 is 0 Å². The first-order valence-electron chi connectivity index (χ1n) is 7.45. The van der Waals surface area contributed by atoms with Gasteiger partial charge in [0.2, 0.25) is 0 Å². The van der Waals surface area contributed by atoms with Crippen molar-refractivity contribution in [3.63, 3.8) is 0 Å². The van der Waals surface area contributed by atoms with Crippen LogP contribution >= 0.6 is 0 Å². The van der Waals surface area contributed by atoms with E-state index in [1.165, 1.54) is 25.2 Å². The van der Waals surface area contributed by atoms with Gasteiger partial charge >= 0.3 is 11.8 Å². The molecule has 1 N–H and O–H groups in total. The highest BCUT2D eigenvalue weighted by Crippen LogP contribution is 2.14. The molecule has 0 radical (unpaired) electrons. The Kier molecular flexibility index (Phi) is 5.89. The maximum atomic E-state index is 13.2. The molecule has 0 bridgehead atoms. The fourth-order valence-corrected chi connectivity index (χ4v) is 2.14. The summed E-state index contributed by atoms with van der Waals surface area (Å²) in [5.74, 6) is -1.17. The highest BCUT2D eigenvalue weighted by Gasteiger charge is 2.19. The summed E-state index contributed by atoms with van der Waals surface area (Å²) in [6, 6.07) is 13.0. The highest BCUT2D eigenvalue weighted by atomic mass is 19.1. The third-order valence-electron chi connectivity index (χ3n) is 3.55. The monoisotopic (exact) mass is 330 g/mol. The quantitative estimate of drug-likeness (QED) is 0.855. The van der Waals surface area contributed by atoms with Gasteiger partial charge in [0.15, 0.2) is 0 Å². The van der Waals surface area contributed by atoms with E-state index in [0.29, 0.717) is 18.7 Å². The number of halogens is 1. The number of hydrogen-bond donors (Lipinski definition) is 1. The first-order valence-corrected chi connectivity index (χ1v) is 7.45. The molecule has 0 unspecified atom stereocenters. The van der Waals surface area contributed by atoms with E-state index in [1.807, 2.05) is 24.3 Å². The molecule has 0 saturated heterocycles. The van der Waals surface area contributed by atoms with Crippen LogP contribution in [0.2, 0.25) is 0 Å². The minimum absolute atomic E-state index is 0.324. The summed E-state index contributed by atoms with van der Waals surface area (Å²) >= 11 is 0. The molecule has 0 aliphatic carbocycles. The average molecular weight is 330 g/mol. The molecule has 0 saturated carbocycles. The van der Waals surface area contributed by atoms with Crippen molar-refractivity contribution in [3.05, 3.63) is 59.9 Å². The smallest absolute Gasteiger partial charge is 0.316 e. The first kappa shape index (κ1) is 17.5. The summed E-state index contributed by atoms with van der Waals surface area (Å²) in [5, 5.41) is 2.57. The van der Waals surface area contributed by atoms with Gasteiger partial charge in [-0.2, -0.15) is 0 Å². The molecule has 0 fully saturated rings. The van der Waals surface area contributed by atoms with Crippen molar-refractivity contribution in [3.8, 4) is 5.75 Å². The molecule has 0 atom stereocenters.